The van der Waals surface area contributed by atoms with E-state index in [9.17, 15) is 5.11 Å². The van der Waals surface area contributed by atoms with Gasteiger partial charge in [0.25, 0.3) is 0 Å². The molecule has 104 valence electrons. The van der Waals surface area contributed by atoms with E-state index < -0.39 is 6.10 Å². The molecule has 0 bridgehead atoms. The molecule has 0 aromatic heterocycles. The van der Waals surface area contributed by atoms with Gasteiger partial charge in [0.1, 0.15) is 0 Å². The van der Waals surface area contributed by atoms with Crippen LogP contribution in [0.5, 0.6) is 0 Å². The number of aliphatic hydroxyl groups is 1. The highest BCUT2D eigenvalue weighted by Crippen LogP contribution is 2.43. The van der Waals surface area contributed by atoms with E-state index >= 15 is 0 Å². The molecule has 0 saturated heterocycles. The van der Waals surface area contributed by atoms with E-state index in [1.54, 1.807) is 0 Å². The predicted molar refractivity (Wildman–Crippen MR) is 81.5 cm³/mol. The molecular weight excluding hydrogens is 246 g/mol. The van der Waals surface area contributed by atoms with E-state index in [0.29, 0.717) is 12.3 Å². The highest BCUT2D eigenvalue weighted by atomic mass is 16.3. The third-order valence-corrected chi connectivity index (χ3v) is 4.05. The summed E-state index contributed by atoms with van der Waals surface area (Å²) in [4.78, 5) is 0. The van der Waals surface area contributed by atoms with Gasteiger partial charge in [-0.3, -0.25) is 0 Å². The van der Waals surface area contributed by atoms with E-state index in [1.807, 2.05) is 36.4 Å². The average molecular weight is 267 g/mol. The maximum absolute atomic E-state index is 10.6. The number of benzene rings is 2. The Morgan fingerprint density at radius 3 is 2.35 bits per heavy atom. The molecule has 2 nitrogen and oxygen atoms in total. The summed E-state index contributed by atoms with van der Waals surface area (Å²) < 4.78 is 0. The van der Waals surface area contributed by atoms with Crippen LogP contribution >= 0.6 is 0 Å². The fourth-order valence-corrected chi connectivity index (χ4v) is 2.77. The molecule has 2 aromatic carbocycles. The Bertz CT molecular complexity index is 563. The van der Waals surface area contributed by atoms with Gasteiger partial charge >= 0.3 is 0 Å². The molecule has 3 rings (SSSR count). The lowest BCUT2D eigenvalue weighted by Crippen LogP contribution is -2.31. The van der Waals surface area contributed by atoms with Gasteiger partial charge in [0.05, 0.1) is 6.10 Å². The molecule has 2 unspecified atom stereocenters. The molecule has 20 heavy (non-hydrogen) atoms. The van der Waals surface area contributed by atoms with Crippen molar-refractivity contribution in [3.05, 3.63) is 71.3 Å². The fourth-order valence-electron chi connectivity index (χ4n) is 2.77. The van der Waals surface area contributed by atoms with Crippen LogP contribution in [0.1, 0.15) is 41.6 Å². The highest BCUT2D eigenvalue weighted by molar-refractivity contribution is 5.35. The van der Waals surface area contributed by atoms with Crippen LogP contribution in [0.25, 0.3) is 0 Å². The van der Waals surface area contributed by atoms with Crippen molar-refractivity contribution < 1.29 is 5.11 Å². The molecule has 3 N–H and O–H groups in total. The van der Waals surface area contributed by atoms with Crippen molar-refractivity contribution in [3.63, 3.8) is 0 Å². The second-order valence-electron chi connectivity index (χ2n) is 5.70. The van der Waals surface area contributed by atoms with E-state index in [2.05, 4.69) is 18.2 Å². The molecule has 1 aliphatic carbocycles. The molecule has 1 saturated carbocycles. The van der Waals surface area contributed by atoms with Crippen LogP contribution in [-0.4, -0.2) is 11.1 Å². The Labute approximate surface area is 120 Å². The summed E-state index contributed by atoms with van der Waals surface area (Å²) in [6.45, 7) is 0. The van der Waals surface area contributed by atoms with Gasteiger partial charge < -0.3 is 10.8 Å². The van der Waals surface area contributed by atoms with Crippen LogP contribution in [0, 0.1) is 0 Å². The van der Waals surface area contributed by atoms with Crippen molar-refractivity contribution in [1.29, 1.82) is 0 Å². The van der Waals surface area contributed by atoms with Crippen LogP contribution in [0.4, 0.5) is 0 Å². The molecule has 2 atom stereocenters. The third-order valence-electron chi connectivity index (χ3n) is 4.05. The minimum atomic E-state index is -0.591. The van der Waals surface area contributed by atoms with E-state index in [-0.39, 0.29) is 6.04 Å². The van der Waals surface area contributed by atoms with Gasteiger partial charge in [0, 0.05) is 6.04 Å². The minimum absolute atomic E-state index is 0.266. The van der Waals surface area contributed by atoms with E-state index in [4.69, 9.17) is 5.73 Å². The Morgan fingerprint density at radius 2 is 1.65 bits per heavy atom. The highest BCUT2D eigenvalue weighted by Gasteiger charge is 2.29. The number of hydrogen-bond acceptors (Lipinski definition) is 2. The van der Waals surface area contributed by atoms with E-state index in [1.165, 1.54) is 24.0 Å². The Morgan fingerprint density at radius 1 is 1.00 bits per heavy atom. The Hall–Kier alpha value is -1.64. The largest absolute Gasteiger partial charge is 0.387 e. The summed E-state index contributed by atoms with van der Waals surface area (Å²) in [6, 6.07) is 18.0. The predicted octanol–water partition coefficient (Wildman–Crippen LogP) is 3.17. The van der Waals surface area contributed by atoms with Gasteiger partial charge in [0.2, 0.25) is 0 Å². The van der Waals surface area contributed by atoms with Crippen LogP contribution < -0.4 is 5.73 Å². The normalized spacial score (nSPS) is 17.7. The van der Waals surface area contributed by atoms with Crippen LogP contribution in [0.2, 0.25) is 0 Å². The Kier molecular flexibility index (Phi) is 3.86. The molecular formula is C18H21NO. The SMILES string of the molecule is NC(Cc1ccccc1)C(O)c1ccccc1C1CC1. The van der Waals surface area contributed by atoms with Gasteiger partial charge in [0.15, 0.2) is 0 Å². The van der Waals surface area contributed by atoms with Crippen molar-refractivity contribution in [1.82, 2.24) is 0 Å². The zero-order chi connectivity index (χ0) is 13.9. The van der Waals surface area contributed by atoms with Gasteiger partial charge in [-0.15, -0.1) is 0 Å². The number of hydrogen-bond donors (Lipinski definition) is 2. The van der Waals surface area contributed by atoms with Crippen molar-refractivity contribution in [2.45, 2.75) is 37.3 Å². The quantitative estimate of drug-likeness (QED) is 0.874. The average Bonchev–Trinajstić information content (AvgIpc) is 3.32. The van der Waals surface area contributed by atoms with Crippen LogP contribution in [0.3, 0.4) is 0 Å². The first kappa shape index (κ1) is 13.3. The molecule has 0 amide bonds. The van der Waals surface area contributed by atoms with Crippen molar-refractivity contribution in [2.75, 3.05) is 0 Å². The summed E-state index contributed by atoms with van der Waals surface area (Å²) >= 11 is 0. The lowest BCUT2D eigenvalue weighted by molar-refractivity contribution is 0.145. The summed E-state index contributed by atoms with van der Waals surface area (Å²) in [7, 11) is 0. The van der Waals surface area contributed by atoms with Crippen LogP contribution in [-0.2, 0) is 6.42 Å². The molecule has 2 heteroatoms. The maximum Gasteiger partial charge on any atom is 0.0946 e. The molecule has 0 aliphatic heterocycles. The van der Waals surface area contributed by atoms with Crippen molar-refractivity contribution in [2.24, 2.45) is 5.73 Å². The zero-order valence-electron chi connectivity index (χ0n) is 11.6. The minimum Gasteiger partial charge on any atom is -0.387 e. The smallest absolute Gasteiger partial charge is 0.0946 e. The first-order valence-electron chi connectivity index (χ1n) is 7.32. The van der Waals surface area contributed by atoms with E-state index in [0.717, 1.165) is 5.56 Å². The molecule has 2 aromatic rings. The van der Waals surface area contributed by atoms with Gasteiger partial charge in [-0.05, 0) is 41.9 Å². The second-order valence-corrected chi connectivity index (χ2v) is 5.70. The number of nitrogens with two attached hydrogens (primary N) is 1. The fraction of sp³-hybridized carbons (Fsp3) is 0.333. The maximum atomic E-state index is 10.6. The molecule has 0 radical (unpaired) electrons. The monoisotopic (exact) mass is 267 g/mol. The molecule has 0 heterocycles. The van der Waals surface area contributed by atoms with Crippen LogP contribution in [0.15, 0.2) is 54.6 Å². The number of aliphatic hydroxyl groups excluding tert-OH is 1. The first-order valence-corrected chi connectivity index (χ1v) is 7.32. The first-order chi connectivity index (χ1) is 9.75. The van der Waals surface area contributed by atoms with Gasteiger partial charge in [-0.1, -0.05) is 54.6 Å². The van der Waals surface area contributed by atoms with Gasteiger partial charge in [-0.2, -0.15) is 0 Å². The standard InChI is InChI=1S/C18H21NO/c19-17(12-13-6-2-1-3-7-13)18(20)16-9-5-4-8-15(16)14-10-11-14/h1-9,14,17-18,20H,10-12,19H2. The second kappa shape index (κ2) is 5.78. The summed E-state index contributed by atoms with van der Waals surface area (Å²) in [5.41, 5.74) is 9.68. The third kappa shape index (κ3) is 2.92. The molecule has 0 spiro atoms. The van der Waals surface area contributed by atoms with Crippen molar-refractivity contribution >= 4 is 0 Å². The Balaban J connectivity index is 1.76. The summed E-state index contributed by atoms with van der Waals surface area (Å²) in [6.07, 6.45) is 2.57. The number of rotatable bonds is 5. The van der Waals surface area contributed by atoms with Crippen molar-refractivity contribution in [3.8, 4) is 0 Å². The molecule has 1 aliphatic rings. The van der Waals surface area contributed by atoms with Gasteiger partial charge in [-0.25, -0.2) is 0 Å². The lowest BCUT2D eigenvalue weighted by atomic mass is 9.92. The topological polar surface area (TPSA) is 46.2 Å². The summed E-state index contributed by atoms with van der Waals surface area (Å²) in [5.74, 6) is 0.629. The zero-order valence-corrected chi connectivity index (χ0v) is 11.6. The molecule has 1 fully saturated rings. The summed E-state index contributed by atoms with van der Waals surface area (Å²) in [5, 5.41) is 10.6. The lowest BCUT2D eigenvalue weighted by Gasteiger charge is -2.22.